The zero-order chi connectivity index (χ0) is 19.3. The van der Waals surface area contributed by atoms with Gasteiger partial charge in [-0.05, 0) is 26.2 Å². The average Bonchev–Trinajstić information content (AvgIpc) is 2.60. The third-order valence-electron chi connectivity index (χ3n) is 4.65. The molecule has 9 heteroatoms. The molecule has 0 aromatic carbocycles. The Labute approximate surface area is 186 Å². The van der Waals surface area contributed by atoms with Crippen LogP contribution in [0.4, 0.5) is 0 Å². The van der Waals surface area contributed by atoms with E-state index in [0.29, 0.717) is 13.2 Å². The van der Waals surface area contributed by atoms with E-state index in [1.807, 2.05) is 11.8 Å². The predicted octanol–water partition coefficient (Wildman–Crippen LogP) is -2.46. The van der Waals surface area contributed by atoms with E-state index in [4.69, 9.17) is 4.74 Å². The Morgan fingerprint density at radius 1 is 1.15 bits per heavy atom. The van der Waals surface area contributed by atoms with Crippen molar-refractivity contribution in [1.29, 1.82) is 0 Å². The molecule has 0 bridgehead atoms. The summed E-state index contributed by atoms with van der Waals surface area (Å²) in [5.74, 6) is -0.474. The fourth-order valence-corrected chi connectivity index (χ4v) is 3.44. The van der Waals surface area contributed by atoms with Crippen molar-refractivity contribution >= 4 is 16.1 Å². The molecule has 0 amide bonds. The zero-order valence-electron chi connectivity index (χ0n) is 17.0. The van der Waals surface area contributed by atoms with E-state index in [2.05, 4.69) is 12.2 Å². The Kier molecular flexibility index (Phi) is 15.9. The van der Waals surface area contributed by atoms with Crippen LogP contribution in [0.3, 0.4) is 0 Å². The van der Waals surface area contributed by atoms with Crippen molar-refractivity contribution in [3.63, 3.8) is 0 Å². The van der Waals surface area contributed by atoms with Crippen molar-refractivity contribution < 1.29 is 57.0 Å². The van der Waals surface area contributed by atoms with E-state index < -0.39 is 10.1 Å². The van der Waals surface area contributed by atoms with Crippen LogP contribution in [0.1, 0.15) is 51.9 Å². The number of unbranched alkanes of at least 4 members (excludes halogenated alkanes) is 5. The minimum Gasteiger partial charge on any atom is -0.748 e. The van der Waals surface area contributed by atoms with Gasteiger partial charge in [-0.15, -0.1) is 0 Å². The van der Waals surface area contributed by atoms with Gasteiger partial charge in [-0.3, -0.25) is 9.69 Å². The summed E-state index contributed by atoms with van der Waals surface area (Å²) >= 11 is 0. The molecule has 1 fully saturated rings. The van der Waals surface area contributed by atoms with Crippen LogP contribution in [0, 0.1) is 0 Å². The first-order valence-corrected chi connectivity index (χ1v) is 11.2. The van der Waals surface area contributed by atoms with Gasteiger partial charge in [0.15, 0.2) is 0 Å². The summed E-state index contributed by atoms with van der Waals surface area (Å²) < 4.78 is 37.3. The van der Waals surface area contributed by atoms with Crippen LogP contribution in [-0.4, -0.2) is 69.0 Å². The number of nitrogens with zero attached hydrogens (tertiary/aromatic N) is 1. The molecule has 152 valence electrons. The number of nitrogens with one attached hydrogen (secondary N) is 1. The molecule has 1 heterocycles. The van der Waals surface area contributed by atoms with Gasteiger partial charge in [0.2, 0.25) is 6.73 Å². The number of hydrogen-bond acceptors (Lipinski definition) is 6. The molecule has 1 saturated heterocycles. The first kappa shape index (κ1) is 27.0. The normalized spacial score (nSPS) is 16.4. The Morgan fingerprint density at radius 3 is 2.41 bits per heavy atom. The second-order valence-electron chi connectivity index (χ2n) is 6.89. The molecule has 1 N–H and O–H groups in total. The van der Waals surface area contributed by atoms with Gasteiger partial charge >= 0.3 is 35.5 Å². The molecule has 0 radical (unpaired) electrons. The van der Waals surface area contributed by atoms with E-state index in [-0.39, 0.29) is 47.8 Å². The number of quaternary nitrogens is 1. The predicted molar refractivity (Wildman–Crippen MR) is 99.8 cm³/mol. The minimum absolute atomic E-state index is 0. The van der Waals surface area contributed by atoms with Crippen molar-refractivity contribution in [3.8, 4) is 0 Å². The first-order chi connectivity index (χ1) is 12.4. The third kappa shape index (κ3) is 15.6. The Bertz CT molecular complexity index is 520. The van der Waals surface area contributed by atoms with Crippen molar-refractivity contribution in [3.05, 3.63) is 12.2 Å². The van der Waals surface area contributed by atoms with E-state index in [1.54, 1.807) is 0 Å². The van der Waals surface area contributed by atoms with Gasteiger partial charge in [0.05, 0.1) is 29.0 Å². The van der Waals surface area contributed by atoms with E-state index in [1.165, 1.54) is 17.7 Å². The SMILES string of the molecule is C/C=C/CCCCCCCC(=O)OC[NH+]1CCN(CCS(=O)(=O)[O-])CC1.[Na+]. The maximum atomic E-state index is 11.8. The largest absolute Gasteiger partial charge is 1.00 e. The number of allylic oxidation sites excluding steroid dienone is 2. The van der Waals surface area contributed by atoms with Crippen LogP contribution in [-0.2, 0) is 19.6 Å². The molecule has 27 heavy (non-hydrogen) atoms. The number of rotatable bonds is 13. The van der Waals surface area contributed by atoms with Gasteiger partial charge in [-0.25, -0.2) is 8.42 Å². The Balaban J connectivity index is 0.00000676. The van der Waals surface area contributed by atoms with Gasteiger partial charge in [0.1, 0.15) is 0 Å². The van der Waals surface area contributed by atoms with Crippen molar-refractivity contribution in [2.75, 3.05) is 45.2 Å². The van der Waals surface area contributed by atoms with Crippen molar-refractivity contribution in [2.45, 2.75) is 51.9 Å². The fraction of sp³-hybridized carbons (Fsp3) is 0.833. The molecule has 1 rings (SSSR count). The molecule has 0 atom stereocenters. The molecule has 7 nitrogen and oxygen atoms in total. The summed E-state index contributed by atoms with van der Waals surface area (Å²) in [6, 6.07) is 0. The maximum absolute atomic E-state index is 11.8. The average molecular weight is 414 g/mol. The van der Waals surface area contributed by atoms with Crippen molar-refractivity contribution in [2.24, 2.45) is 0 Å². The summed E-state index contributed by atoms with van der Waals surface area (Å²) in [6.45, 7) is 5.71. The van der Waals surface area contributed by atoms with Crippen molar-refractivity contribution in [1.82, 2.24) is 4.90 Å². The number of carbonyl (C=O) groups is 1. The summed E-state index contributed by atoms with van der Waals surface area (Å²) in [5.41, 5.74) is 0. The number of carbonyl (C=O) groups excluding carboxylic acids is 1. The topological polar surface area (TPSA) is 91.2 Å². The summed E-state index contributed by atoms with van der Waals surface area (Å²) in [4.78, 5) is 14.9. The molecule has 0 aliphatic carbocycles. The van der Waals surface area contributed by atoms with Crippen LogP contribution in [0.5, 0.6) is 0 Å². The minimum atomic E-state index is -4.15. The monoisotopic (exact) mass is 413 g/mol. The van der Waals surface area contributed by atoms with Crippen LogP contribution < -0.4 is 34.5 Å². The molecule has 0 spiro atoms. The maximum Gasteiger partial charge on any atom is 1.00 e. The summed E-state index contributed by atoms with van der Waals surface area (Å²) in [5, 5.41) is 0. The smallest absolute Gasteiger partial charge is 0.748 e. The molecule has 0 aromatic rings. The molecule has 1 aliphatic rings. The van der Waals surface area contributed by atoms with Gasteiger partial charge < -0.3 is 14.2 Å². The molecule has 1 aliphatic heterocycles. The van der Waals surface area contributed by atoms with Gasteiger partial charge in [-0.1, -0.05) is 31.4 Å². The molecule has 0 unspecified atom stereocenters. The second-order valence-corrected chi connectivity index (χ2v) is 8.41. The van der Waals surface area contributed by atoms with E-state index in [9.17, 15) is 17.8 Å². The van der Waals surface area contributed by atoms with Crippen LogP contribution in [0.15, 0.2) is 12.2 Å². The van der Waals surface area contributed by atoms with Gasteiger partial charge in [0.25, 0.3) is 0 Å². The molecular formula is C18H34N2NaO5S+. The first-order valence-electron chi connectivity index (χ1n) is 9.67. The number of piperazine rings is 1. The quantitative estimate of drug-likeness (QED) is 0.118. The van der Waals surface area contributed by atoms with Gasteiger partial charge in [-0.2, -0.15) is 0 Å². The molecule has 0 aromatic heterocycles. The van der Waals surface area contributed by atoms with Gasteiger partial charge in [0, 0.05) is 26.1 Å². The standard InChI is InChI=1S/C18H34N2O5S.Na/c1-2-3-4-5-6-7-8-9-10-18(21)25-17-20-13-11-19(12-14-20)15-16-26(22,23)24;/h2-3H,4-17H2,1H3,(H,22,23,24);/q;+1/b3-2+;. The summed E-state index contributed by atoms with van der Waals surface area (Å²) in [7, 11) is -4.15. The number of esters is 1. The van der Waals surface area contributed by atoms with Crippen LogP contribution in [0.25, 0.3) is 0 Å². The number of ether oxygens (including phenoxy) is 1. The molecule has 0 saturated carbocycles. The van der Waals surface area contributed by atoms with E-state index >= 15 is 0 Å². The zero-order valence-corrected chi connectivity index (χ0v) is 19.8. The van der Waals surface area contributed by atoms with Crippen LogP contribution in [0.2, 0.25) is 0 Å². The summed E-state index contributed by atoms with van der Waals surface area (Å²) in [6.07, 6.45) is 11.4. The Morgan fingerprint density at radius 2 is 1.78 bits per heavy atom. The number of hydrogen-bond donors (Lipinski definition) is 1. The molecular weight excluding hydrogens is 379 g/mol. The second kappa shape index (κ2) is 15.9. The fourth-order valence-electron chi connectivity index (χ4n) is 2.96. The van der Waals surface area contributed by atoms with Crippen LogP contribution >= 0.6 is 0 Å². The third-order valence-corrected chi connectivity index (χ3v) is 5.33. The van der Waals surface area contributed by atoms with E-state index in [0.717, 1.165) is 51.9 Å². The Hall–Kier alpha value is 0.0400.